The smallest absolute Gasteiger partial charge is 0.239 e. The van der Waals surface area contributed by atoms with Gasteiger partial charge in [0.25, 0.3) is 0 Å². The number of primary amides is 1. The van der Waals surface area contributed by atoms with Gasteiger partial charge in [-0.1, -0.05) is 12.2 Å². The molecule has 0 aromatic heterocycles. The molecule has 0 aliphatic heterocycles. The van der Waals surface area contributed by atoms with Crippen molar-refractivity contribution in [3.8, 4) is 0 Å². The number of carbonyl (C=O) groups excluding carboxylic acids is 2. The Hall–Kier alpha value is -1.36. The maximum absolute atomic E-state index is 11.5. The van der Waals surface area contributed by atoms with Crippen molar-refractivity contribution < 1.29 is 9.59 Å². The van der Waals surface area contributed by atoms with Crippen LogP contribution in [0.4, 0.5) is 0 Å². The average molecular weight is 197 g/mol. The summed E-state index contributed by atoms with van der Waals surface area (Å²) in [7, 11) is 0. The van der Waals surface area contributed by atoms with Crippen molar-refractivity contribution in [1.82, 2.24) is 5.32 Å². The van der Waals surface area contributed by atoms with Gasteiger partial charge in [-0.05, 0) is 13.3 Å². The van der Waals surface area contributed by atoms with E-state index in [-0.39, 0.29) is 17.9 Å². The molecule has 0 saturated heterocycles. The van der Waals surface area contributed by atoms with Gasteiger partial charge in [0, 0.05) is 6.04 Å². The van der Waals surface area contributed by atoms with Crippen molar-refractivity contribution in [1.29, 1.82) is 0 Å². The van der Waals surface area contributed by atoms with Gasteiger partial charge in [-0.15, -0.1) is 0 Å². The first kappa shape index (κ1) is 10.7. The van der Waals surface area contributed by atoms with Gasteiger partial charge in [0.15, 0.2) is 0 Å². The van der Waals surface area contributed by atoms with Crippen LogP contribution in [-0.4, -0.2) is 23.9 Å². The van der Waals surface area contributed by atoms with E-state index in [2.05, 4.69) is 5.32 Å². The van der Waals surface area contributed by atoms with Crippen LogP contribution in [0.15, 0.2) is 12.2 Å². The number of hydrogen-bond acceptors (Lipinski definition) is 3. The molecule has 2 amide bonds. The third-order valence-corrected chi connectivity index (χ3v) is 2.24. The fraction of sp³-hybridized carbons (Fsp3) is 0.556. The minimum Gasteiger partial charge on any atom is -0.368 e. The molecule has 3 unspecified atom stereocenters. The summed E-state index contributed by atoms with van der Waals surface area (Å²) in [4.78, 5) is 22.2. The van der Waals surface area contributed by atoms with Crippen molar-refractivity contribution in [3.05, 3.63) is 12.2 Å². The van der Waals surface area contributed by atoms with Gasteiger partial charge in [0.05, 0.1) is 5.92 Å². The summed E-state index contributed by atoms with van der Waals surface area (Å²) < 4.78 is 0. The molecule has 5 heteroatoms. The molecule has 0 bridgehead atoms. The third-order valence-electron chi connectivity index (χ3n) is 2.24. The number of rotatable bonds is 3. The van der Waals surface area contributed by atoms with Gasteiger partial charge >= 0.3 is 0 Å². The van der Waals surface area contributed by atoms with Crippen LogP contribution in [0.1, 0.15) is 13.3 Å². The van der Waals surface area contributed by atoms with E-state index in [1.54, 1.807) is 19.1 Å². The van der Waals surface area contributed by atoms with Gasteiger partial charge in [0.2, 0.25) is 11.8 Å². The first-order chi connectivity index (χ1) is 6.50. The molecule has 0 aromatic carbocycles. The van der Waals surface area contributed by atoms with Crippen LogP contribution in [0.3, 0.4) is 0 Å². The van der Waals surface area contributed by atoms with Crippen LogP contribution in [0.2, 0.25) is 0 Å². The molecule has 14 heavy (non-hydrogen) atoms. The molecule has 0 heterocycles. The second-order valence-corrected chi connectivity index (χ2v) is 3.52. The molecule has 78 valence electrons. The quantitative estimate of drug-likeness (QED) is 0.500. The highest BCUT2D eigenvalue weighted by atomic mass is 16.2. The Morgan fingerprint density at radius 3 is 2.57 bits per heavy atom. The van der Waals surface area contributed by atoms with E-state index in [4.69, 9.17) is 11.5 Å². The summed E-state index contributed by atoms with van der Waals surface area (Å²) in [5, 5.41) is 2.52. The lowest BCUT2D eigenvalue weighted by Gasteiger charge is -2.13. The SMILES string of the molecule is CC(NC(=O)C1C=CC(N)C1)C(N)=O. The lowest BCUT2D eigenvalue weighted by molar-refractivity contribution is -0.128. The summed E-state index contributed by atoms with van der Waals surface area (Å²) in [5.41, 5.74) is 10.6. The van der Waals surface area contributed by atoms with Gasteiger partial charge in [-0.2, -0.15) is 0 Å². The van der Waals surface area contributed by atoms with E-state index in [9.17, 15) is 9.59 Å². The Labute approximate surface area is 82.5 Å². The number of carbonyl (C=O) groups is 2. The molecule has 0 radical (unpaired) electrons. The molecule has 5 N–H and O–H groups in total. The highest BCUT2D eigenvalue weighted by Gasteiger charge is 2.24. The van der Waals surface area contributed by atoms with E-state index >= 15 is 0 Å². The van der Waals surface area contributed by atoms with Crippen molar-refractivity contribution in [3.63, 3.8) is 0 Å². The van der Waals surface area contributed by atoms with E-state index < -0.39 is 11.9 Å². The standard InChI is InChI=1S/C9H15N3O2/c1-5(8(11)13)12-9(14)6-2-3-7(10)4-6/h2-3,5-7H,4,10H2,1H3,(H2,11,13)(H,12,14). The minimum atomic E-state index is -0.632. The fourth-order valence-corrected chi connectivity index (χ4v) is 1.31. The zero-order chi connectivity index (χ0) is 10.7. The van der Waals surface area contributed by atoms with Crippen LogP contribution in [0, 0.1) is 5.92 Å². The zero-order valence-electron chi connectivity index (χ0n) is 8.07. The molecular formula is C9H15N3O2. The summed E-state index contributed by atoms with van der Waals surface area (Å²) >= 11 is 0. The lowest BCUT2D eigenvalue weighted by atomic mass is 10.1. The minimum absolute atomic E-state index is 0.0605. The van der Waals surface area contributed by atoms with Crippen LogP contribution in [-0.2, 0) is 9.59 Å². The van der Waals surface area contributed by atoms with Crippen molar-refractivity contribution in [2.45, 2.75) is 25.4 Å². The van der Waals surface area contributed by atoms with Gasteiger partial charge in [-0.3, -0.25) is 9.59 Å². The highest BCUT2D eigenvalue weighted by molar-refractivity contribution is 5.88. The Balaban J connectivity index is 2.43. The maximum atomic E-state index is 11.5. The number of nitrogens with two attached hydrogens (primary N) is 2. The normalized spacial score (nSPS) is 27.3. The number of amides is 2. The van der Waals surface area contributed by atoms with Crippen molar-refractivity contribution in [2.24, 2.45) is 17.4 Å². The number of hydrogen-bond donors (Lipinski definition) is 3. The summed E-state index contributed by atoms with van der Waals surface area (Å²) in [6, 6.07) is -0.692. The molecule has 0 spiro atoms. The molecule has 0 saturated carbocycles. The second-order valence-electron chi connectivity index (χ2n) is 3.52. The van der Waals surface area contributed by atoms with Crippen LogP contribution in [0.25, 0.3) is 0 Å². The Kier molecular flexibility index (Phi) is 3.24. The van der Waals surface area contributed by atoms with Crippen molar-refractivity contribution in [2.75, 3.05) is 0 Å². The molecule has 0 fully saturated rings. The Bertz CT molecular complexity index is 275. The largest absolute Gasteiger partial charge is 0.368 e. The summed E-state index contributed by atoms with van der Waals surface area (Å²) in [5.74, 6) is -0.961. The van der Waals surface area contributed by atoms with Crippen molar-refractivity contribution >= 4 is 11.8 Å². The molecule has 5 nitrogen and oxygen atoms in total. The highest BCUT2D eigenvalue weighted by Crippen LogP contribution is 2.16. The monoisotopic (exact) mass is 197 g/mol. The fourth-order valence-electron chi connectivity index (χ4n) is 1.31. The van der Waals surface area contributed by atoms with Gasteiger partial charge < -0.3 is 16.8 Å². The molecule has 1 aliphatic rings. The van der Waals surface area contributed by atoms with Crippen LogP contribution >= 0.6 is 0 Å². The average Bonchev–Trinajstić information content (AvgIpc) is 2.51. The van der Waals surface area contributed by atoms with Gasteiger partial charge in [0.1, 0.15) is 6.04 Å². The van der Waals surface area contributed by atoms with Gasteiger partial charge in [-0.25, -0.2) is 0 Å². The topological polar surface area (TPSA) is 98.2 Å². The van der Waals surface area contributed by atoms with E-state index in [1.165, 1.54) is 0 Å². The Morgan fingerprint density at radius 2 is 2.14 bits per heavy atom. The molecular weight excluding hydrogens is 182 g/mol. The number of nitrogens with one attached hydrogen (secondary N) is 1. The molecule has 3 atom stereocenters. The van der Waals surface area contributed by atoms with E-state index in [1.807, 2.05) is 0 Å². The summed E-state index contributed by atoms with van der Waals surface area (Å²) in [6.45, 7) is 1.55. The summed E-state index contributed by atoms with van der Waals surface area (Å²) in [6.07, 6.45) is 4.14. The van der Waals surface area contributed by atoms with E-state index in [0.29, 0.717) is 6.42 Å². The molecule has 1 rings (SSSR count). The maximum Gasteiger partial charge on any atom is 0.239 e. The van der Waals surface area contributed by atoms with Crippen LogP contribution < -0.4 is 16.8 Å². The van der Waals surface area contributed by atoms with E-state index in [0.717, 1.165) is 0 Å². The second kappa shape index (κ2) is 4.23. The van der Waals surface area contributed by atoms with Crippen LogP contribution in [0.5, 0.6) is 0 Å². The first-order valence-electron chi connectivity index (χ1n) is 4.54. The third kappa shape index (κ3) is 2.56. The molecule has 1 aliphatic carbocycles. The predicted molar refractivity (Wildman–Crippen MR) is 52.0 cm³/mol. The lowest BCUT2D eigenvalue weighted by Crippen LogP contribution is -2.44. The molecule has 0 aromatic rings. The Morgan fingerprint density at radius 1 is 1.50 bits per heavy atom. The first-order valence-corrected chi connectivity index (χ1v) is 4.54. The predicted octanol–water partition coefficient (Wildman–Crippen LogP) is -1.12. The zero-order valence-corrected chi connectivity index (χ0v) is 8.07.